The van der Waals surface area contributed by atoms with Crippen molar-refractivity contribution in [2.24, 2.45) is 5.92 Å². The van der Waals surface area contributed by atoms with E-state index < -0.39 is 0 Å². The number of aromatic nitrogens is 2. The summed E-state index contributed by atoms with van der Waals surface area (Å²) >= 11 is 0. The molecule has 0 aliphatic heterocycles. The van der Waals surface area contributed by atoms with Gasteiger partial charge in [-0.1, -0.05) is 25.9 Å². The Morgan fingerprint density at radius 2 is 2.14 bits per heavy atom. The Bertz CT molecular complexity index is 270. The fourth-order valence-electron chi connectivity index (χ4n) is 1.48. The first-order valence-corrected chi connectivity index (χ1v) is 5.16. The molecule has 0 radical (unpaired) electrons. The Hall–Kier alpha value is -0.900. The molecular weight excluding hydrogens is 178 g/mol. The molecule has 4 heteroatoms. The second-order valence-corrected chi connectivity index (χ2v) is 3.87. The van der Waals surface area contributed by atoms with Gasteiger partial charge in [-0.15, -0.1) is 0 Å². The van der Waals surface area contributed by atoms with Gasteiger partial charge >= 0.3 is 0 Å². The number of rotatable bonds is 5. The fraction of sp³-hybridized carbons (Fsp3) is 0.800. The maximum absolute atomic E-state index is 5.02. The normalized spacial score (nSPS) is 13.5. The van der Waals surface area contributed by atoms with Gasteiger partial charge in [-0.25, -0.2) is 0 Å². The van der Waals surface area contributed by atoms with Crippen LogP contribution in [-0.4, -0.2) is 16.2 Å². The molecule has 80 valence electrons. The SMILES string of the molecule is CCC(NCc1nc(C)no1)C(C)C. The van der Waals surface area contributed by atoms with Crippen LogP contribution >= 0.6 is 0 Å². The molecule has 4 nitrogen and oxygen atoms in total. The van der Waals surface area contributed by atoms with Crippen molar-refractivity contribution in [3.05, 3.63) is 11.7 Å². The summed E-state index contributed by atoms with van der Waals surface area (Å²) in [6.07, 6.45) is 1.12. The molecule has 1 atom stereocenters. The molecule has 0 spiro atoms. The van der Waals surface area contributed by atoms with Gasteiger partial charge in [-0.2, -0.15) is 4.98 Å². The Morgan fingerprint density at radius 3 is 2.57 bits per heavy atom. The van der Waals surface area contributed by atoms with Crippen LogP contribution in [0.3, 0.4) is 0 Å². The lowest BCUT2D eigenvalue weighted by molar-refractivity contribution is 0.329. The molecule has 0 amide bonds. The number of aryl methyl sites for hydroxylation is 1. The minimum Gasteiger partial charge on any atom is -0.338 e. The predicted molar refractivity (Wildman–Crippen MR) is 54.8 cm³/mol. The van der Waals surface area contributed by atoms with Gasteiger partial charge in [0.05, 0.1) is 6.54 Å². The lowest BCUT2D eigenvalue weighted by Crippen LogP contribution is -2.32. The Balaban J connectivity index is 2.39. The van der Waals surface area contributed by atoms with Crippen LogP contribution in [0, 0.1) is 12.8 Å². The molecular formula is C10H19N3O. The summed E-state index contributed by atoms with van der Waals surface area (Å²) < 4.78 is 5.02. The Morgan fingerprint density at radius 1 is 1.43 bits per heavy atom. The van der Waals surface area contributed by atoms with Crippen LogP contribution in [0.15, 0.2) is 4.52 Å². The van der Waals surface area contributed by atoms with Gasteiger partial charge < -0.3 is 9.84 Å². The molecule has 0 aliphatic rings. The Kier molecular flexibility index (Phi) is 4.07. The van der Waals surface area contributed by atoms with E-state index in [2.05, 4.69) is 36.2 Å². The van der Waals surface area contributed by atoms with E-state index in [4.69, 9.17) is 4.52 Å². The average Bonchev–Trinajstić information content (AvgIpc) is 2.52. The maximum atomic E-state index is 5.02. The first kappa shape index (κ1) is 11.2. The molecule has 1 heterocycles. The van der Waals surface area contributed by atoms with E-state index in [0.717, 1.165) is 6.42 Å². The fourth-order valence-corrected chi connectivity index (χ4v) is 1.48. The molecule has 0 aliphatic carbocycles. The van der Waals surface area contributed by atoms with Crippen molar-refractivity contribution in [1.29, 1.82) is 0 Å². The van der Waals surface area contributed by atoms with Crippen molar-refractivity contribution in [2.45, 2.75) is 46.7 Å². The molecule has 1 aromatic rings. The summed E-state index contributed by atoms with van der Waals surface area (Å²) in [6, 6.07) is 0.516. The highest BCUT2D eigenvalue weighted by Crippen LogP contribution is 2.06. The molecule has 1 N–H and O–H groups in total. The second-order valence-electron chi connectivity index (χ2n) is 3.87. The smallest absolute Gasteiger partial charge is 0.240 e. The lowest BCUT2D eigenvalue weighted by atomic mass is 10.0. The van der Waals surface area contributed by atoms with Gasteiger partial charge in [0.25, 0.3) is 0 Å². The molecule has 0 aromatic carbocycles. The van der Waals surface area contributed by atoms with Crippen LogP contribution in [0.4, 0.5) is 0 Å². The van der Waals surface area contributed by atoms with E-state index in [1.165, 1.54) is 0 Å². The summed E-state index contributed by atoms with van der Waals surface area (Å²) in [5.74, 6) is 1.99. The highest BCUT2D eigenvalue weighted by molar-refractivity contribution is 4.83. The summed E-state index contributed by atoms with van der Waals surface area (Å²) in [7, 11) is 0. The van der Waals surface area contributed by atoms with Crippen molar-refractivity contribution >= 4 is 0 Å². The van der Waals surface area contributed by atoms with Crippen LogP contribution in [0.5, 0.6) is 0 Å². The van der Waals surface area contributed by atoms with Crippen molar-refractivity contribution in [3.63, 3.8) is 0 Å². The topological polar surface area (TPSA) is 51.0 Å². The molecule has 14 heavy (non-hydrogen) atoms. The van der Waals surface area contributed by atoms with Crippen molar-refractivity contribution < 1.29 is 4.52 Å². The minimum atomic E-state index is 0.516. The monoisotopic (exact) mass is 197 g/mol. The summed E-state index contributed by atoms with van der Waals surface area (Å²) in [4.78, 5) is 4.14. The molecule has 0 bridgehead atoms. The molecule has 0 saturated heterocycles. The minimum absolute atomic E-state index is 0.516. The zero-order valence-electron chi connectivity index (χ0n) is 9.37. The third-order valence-electron chi connectivity index (χ3n) is 2.33. The highest BCUT2D eigenvalue weighted by Gasteiger charge is 2.11. The number of hydrogen-bond acceptors (Lipinski definition) is 4. The number of hydrogen-bond donors (Lipinski definition) is 1. The van der Waals surface area contributed by atoms with Crippen molar-refractivity contribution in [2.75, 3.05) is 0 Å². The molecule has 0 saturated carbocycles. The van der Waals surface area contributed by atoms with Crippen LogP contribution in [0.25, 0.3) is 0 Å². The quantitative estimate of drug-likeness (QED) is 0.783. The van der Waals surface area contributed by atoms with Crippen molar-refractivity contribution in [3.8, 4) is 0 Å². The third kappa shape index (κ3) is 3.10. The maximum Gasteiger partial charge on any atom is 0.240 e. The lowest BCUT2D eigenvalue weighted by Gasteiger charge is -2.19. The summed E-state index contributed by atoms with van der Waals surface area (Å²) in [5.41, 5.74) is 0. The largest absolute Gasteiger partial charge is 0.338 e. The van der Waals surface area contributed by atoms with Crippen LogP contribution in [-0.2, 0) is 6.54 Å². The molecule has 1 unspecified atom stereocenters. The molecule has 1 aromatic heterocycles. The first-order chi connectivity index (χ1) is 6.63. The predicted octanol–water partition coefficient (Wildman–Crippen LogP) is 1.90. The summed E-state index contributed by atoms with van der Waals surface area (Å²) in [6.45, 7) is 9.08. The van der Waals surface area contributed by atoms with E-state index in [9.17, 15) is 0 Å². The average molecular weight is 197 g/mol. The first-order valence-electron chi connectivity index (χ1n) is 5.16. The van der Waals surface area contributed by atoms with E-state index in [0.29, 0.717) is 30.2 Å². The Labute approximate surface area is 85.1 Å². The van der Waals surface area contributed by atoms with E-state index >= 15 is 0 Å². The third-order valence-corrected chi connectivity index (χ3v) is 2.33. The molecule has 1 rings (SSSR count). The second kappa shape index (κ2) is 5.10. The van der Waals surface area contributed by atoms with E-state index in [-0.39, 0.29) is 0 Å². The standard InChI is InChI=1S/C10H19N3O/c1-5-9(7(2)3)11-6-10-12-8(4)13-14-10/h7,9,11H,5-6H2,1-4H3. The van der Waals surface area contributed by atoms with E-state index in [1.807, 2.05) is 6.92 Å². The summed E-state index contributed by atoms with van der Waals surface area (Å²) in [5, 5.41) is 7.14. The van der Waals surface area contributed by atoms with Crippen molar-refractivity contribution in [1.82, 2.24) is 15.5 Å². The zero-order valence-corrected chi connectivity index (χ0v) is 9.37. The van der Waals surface area contributed by atoms with Gasteiger partial charge in [0.2, 0.25) is 5.89 Å². The van der Waals surface area contributed by atoms with Gasteiger partial charge in [-0.3, -0.25) is 0 Å². The molecule has 0 fully saturated rings. The van der Waals surface area contributed by atoms with Crippen LogP contribution in [0.2, 0.25) is 0 Å². The van der Waals surface area contributed by atoms with E-state index in [1.54, 1.807) is 0 Å². The number of nitrogens with one attached hydrogen (secondary N) is 1. The zero-order chi connectivity index (χ0) is 10.6. The number of nitrogens with zero attached hydrogens (tertiary/aromatic N) is 2. The van der Waals surface area contributed by atoms with Gasteiger partial charge in [-0.05, 0) is 19.3 Å². The van der Waals surface area contributed by atoms with Crippen LogP contribution in [0.1, 0.15) is 38.9 Å². The van der Waals surface area contributed by atoms with Gasteiger partial charge in [0.15, 0.2) is 5.82 Å². The highest BCUT2D eigenvalue weighted by atomic mass is 16.5. The van der Waals surface area contributed by atoms with Gasteiger partial charge in [0, 0.05) is 6.04 Å². The van der Waals surface area contributed by atoms with Gasteiger partial charge in [0.1, 0.15) is 0 Å². The van der Waals surface area contributed by atoms with Crippen LogP contribution < -0.4 is 5.32 Å².